The molecule has 1 aliphatic heterocycles. The summed E-state index contributed by atoms with van der Waals surface area (Å²) in [5.41, 5.74) is 4.90. The second-order valence-electron chi connectivity index (χ2n) is 8.97. The molecule has 0 radical (unpaired) electrons. The molecule has 1 heterocycles. The Labute approximate surface area is 166 Å². The van der Waals surface area contributed by atoms with E-state index in [0.717, 1.165) is 6.61 Å². The zero-order valence-electron chi connectivity index (χ0n) is 17.5. The van der Waals surface area contributed by atoms with Crippen LogP contribution in [0.2, 0.25) is 18.1 Å². The molecular formula is C24H37NOSi. The van der Waals surface area contributed by atoms with Crippen molar-refractivity contribution < 1.29 is 4.74 Å². The average Bonchev–Trinajstić information content (AvgIpc) is 3.11. The highest BCUT2D eigenvalue weighted by Gasteiger charge is 2.46. The van der Waals surface area contributed by atoms with Gasteiger partial charge in [0.25, 0.3) is 0 Å². The second kappa shape index (κ2) is 8.22. The highest BCUT2D eigenvalue weighted by Crippen LogP contribution is 2.50. The van der Waals surface area contributed by atoms with E-state index in [1.54, 1.807) is 11.1 Å². The van der Waals surface area contributed by atoms with Gasteiger partial charge in [0.1, 0.15) is 8.24 Å². The van der Waals surface area contributed by atoms with Crippen LogP contribution in [-0.4, -0.2) is 27.0 Å². The average molecular weight is 384 g/mol. The topological polar surface area (TPSA) is 21.3 Å². The zero-order valence-corrected chi connectivity index (χ0v) is 18.5. The third kappa shape index (κ3) is 3.59. The lowest BCUT2D eigenvalue weighted by Crippen LogP contribution is -2.53. The van der Waals surface area contributed by atoms with Crippen LogP contribution in [0.3, 0.4) is 0 Å². The van der Waals surface area contributed by atoms with Crippen LogP contribution < -0.4 is 4.98 Å². The highest BCUT2D eigenvalue weighted by molar-refractivity contribution is 6.77. The number of fused-ring (bicyclic) bond motifs is 3. The van der Waals surface area contributed by atoms with Gasteiger partial charge in [0, 0.05) is 17.9 Å². The summed E-state index contributed by atoms with van der Waals surface area (Å²) in [6.45, 7) is 8.17. The van der Waals surface area contributed by atoms with Crippen LogP contribution in [0.25, 0.3) is 5.57 Å². The van der Waals surface area contributed by atoms with E-state index < -0.39 is 8.24 Å². The lowest BCUT2D eigenvalue weighted by molar-refractivity contribution is -0.0419. The number of hydrogen-bond donors (Lipinski definition) is 1. The first-order valence-electron chi connectivity index (χ1n) is 11.4. The van der Waals surface area contributed by atoms with Crippen LogP contribution >= 0.6 is 0 Å². The fraction of sp³-hybridized carbons (Fsp3) is 0.667. The van der Waals surface area contributed by atoms with E-state index >= 15 is 0 Å². The molecule has 1 N–H and O–H groups in total. The Morgan fingerprint density at radius 3 is 2.41 bits per heavy atom. The fourth-order valence-electron chi connectivity index (χ4n) is 6.05. The monoisotopic (exact) mass is 383 g/mol. The van der Waals surface area contributed by atoms with Crippen LogP contribution in [0.1, 0.15) is 58.4 Å². The van der Waals surface area contributed by atoms with Crippen molar-refractivity contribution in [3.8, 4) is 0 Å². The van der Waals surface area contributed by atoms with Crippen molar-refractivity contribution in [3.05, 3.63) is 41.5 Å². The molecule has 4 rings (SSSR count). The lowest BCUT2D eigenvalue weighted by atomic mass is 9.74. The first-order chi connectivity index (χ1) is 13.2. The normalized spacial score (nSPS) is 30.9. The maximum atomic E-state index is 6.39. The van der Waals surface area contributed by atoms with Crippen LogP contribution in [0.5, 0.6) is 0 Å². The molecule has 1 unspecified atom stereocenters. The molecule has 2 nitrogen and oxygen atoms in total. The molecule has 1 aromatic rings. The third-order valence-electron chi connectivity index (χ3n) is 7.83. The van der Waals surface area contributed by atoms with Crippen LogP contribution in [0.4, 0.5) is 0 Å². The Morgan fingerprint density at radius 2 is 1.70 bits per heavy atom. The standard InChI is InChI=1S/C24H37NOSi/c1-4-27(5-2,6-3)25-21-16-19-17-26-22-15-11-10-14-20(22)23(19)24(21)18-12-8-7-9-13-18/h7-9,12-13,19-22,25H,4-6,10-11,14-17H2,1-3H3/t19-,20+,21?,22+/m0/s1. The summed E-state index contributed by atoms with van der Waals surface area (Å²) in [4.78, 5) is 4.30. The van der Waals surface area contributed by atoms with E-state index in [0.29, 0.717) is 24.0 Å². The Hall–Kier alpha value is -0.903. The van der Waals surface area contributed by atoms with Crippen LogP contribution in [0, 0.1) is 11.8 Å². The molecule has 0 bridgehead atoms. The quantitative estimate of drug-likeness (QED) is 0.607. The van der Waals surface area contributed by atoms with E-state index in [2.05, 4.69) is 56.1 Å². The Kier molecular flexibility index (Phi) is 5.91. The van der Waals surface area contributed by atoms with Gasteiger partial charge in [-0.25, -0.2) is 0 Å². The van der Waals surface area contributed by atoms with Gasteiger partial charge in [0.2, 0.25) is 0 Å². The molecule has 3 aliphatic rings. The van der Waals surface area contributed by atoms with Gasteiger partial charge in [-0.05, 0) is 48.5 Å². The SMILES string of the molecule is CC[Si](CC)(CC)NC1C[C@H]2CO[C@@H]3CCCC[C@H]3C2=C1c1ccccc1. The molecule has 1 saturated heterocycles. The fourth-order valence-corrected chi connectivity index (χ4v) is 9.16. The summed E-state index contributed by atoms with van der Waals surface area (Å²) in [7, 11) is -1.39. The third-order valence-corrected chi connectivity index (χ3v) is 12.9. The van der Waals surface area contributed by atoms with Crippen molar-refractivity contribution >= 4 is 13.8 Å². The van der Waals surface area contributed by atoms with Crippen molar-refractivity contribution in [1.29, 1.82) is 0 Å². The Morgan fingerprint density at radius 1 is 1.00 bits per heavy atom. The molecule has 2 fully saturated rings. The van der Waals surface area contributed by atoms with Crippen LogP contribution in [-0.2, 0) is 4.74 Å². The Balaban J connectivity index is 1.75. The molecule has 0 amide bonds. The lowest BCUT2D eigenvalue weighted by Gasteiger charge is -2.40. The smallest absolute Gasteiger partial charge is 0.125 e. The molecule has 3 heteroatoms. The minimum Gasteiger partial charge on any atom is -0.377 e. The summed E-state index contributed by atoms with van der Waals surface area (Å²) in [5.74, 6) is 1.30. The van der Waals surface area contributed by atoms with Crippen molar-refractivity contribution in [1.82, 2.24) is 4.98 Å². The van der Waals surface area contributed by atoms with Crippen LogP contribution in [0.15, 0.2) is 35.9 Å². The largest absolute Gasteiger partial charge is 0.377 e. The summed E-state index contributed by atoms with van der Waals surface area (Å²) in [6, 6.07) is 15.8. The van der Waals surface area contributed by atoms with E-state index in [1.807, 2.05) is 0 Å². The van der Waals surface area contributed by atoms with E-state index in [9.17, 15) is 0 Å². The summed E-state index contributed by atoms with van der Waals surface area (Å²) in [5, 5.41) is 0. The number of rotatable bonds is 6. The molecule has 0 aromatic heterocycles. The van der Waals surface area contributed by atoms with Gasteiger partial charge in [-0.2, -0.15) is 0 Å². The Bertz CT molecular complexity index is 658. The minimum atomic E-state index is -1.39. The molecule has 27 heavy (non-hydrogen) atoms. The predicted molar refractivity (Wildman–Crippen MR) is 117 cm³/mol. The van der Waals surface area contributed by atoms with E-state index in [1.165, 1.54) is 55.8 Å². The highest BCUT2D eigenvalue weighted by atomic mass is 28.3. The summed E-state index contributed by atoms with van der Waals surface area (Å²) in [6.07, 6.45) is 7.04. The zero-order chi connectivity index (χ0) is 18.9. The van der Waals surface area contributed by atoms with Gasteiger partial charge < -0.3 is 9.72 Å². The minimum absolute atomic E-state index is 0.480. The molecular weight excluding hydrogens is 346 g/mol. The first kappa shape index (κ1) is 19.4. The maximum Gasteiger partial charge on any atom is 0.125 e. The molecule has 1 aromatic carbocycles. The molecule has 2 aliphatic carbocycles. The summed E-state index contributed by atoms with van der Waals surface area (Å²) < 4.78 is 6.39. The molecule has 148 valence electrons. The van der Waals surface area contributed by atoms with Crippen molar-refractivity contribution in [3.63, 3.8) is 0 Å². The number of hydrogen-bond acceptors (Lipinski definition) is 2. The molecule has 0 spiro atoms. The second-order valence-corrected chi connectivity index (χ2v) is 13.9. The molecule has 4 atom stereocenters. The van der Waals surface area contributed by atoms with Gasteiger partial charge in [0.15, 0.2) is 0 Å². The number of ether oxygens (including phenoxy) is 1. The van der Waals surface area contributed by atoms with Crippen molar-refractivity contribution in [2.75, 3.05) is 6.61 Å². The predicted octanol–water partition coefficient (Wildman–Crippen LogP) is 6.01. The van der Waals surface area contributed by atoms with E-state index in [4.69, 9.17) is 4.74 Å². The van der Waals surface area contributed by atoms with Gasteiger partial charge in [-0.3, -0.25) is 0 Å². The van der Waals surface area contributed by atoms with Gasteiger partial charge >= 0.3 is 0 Å². The van der Waals surface area contributed by atoms with Gasteiger partial charge in [0.05, 0.1) is 12.7 Å². The van der Waals surface area contributed by atoms with Gasteiger partial charge in [-0.15, -0.1) is 0 Å². The van der Waals surface area contributed by atoms with Crippen molar-refractivity contribution in [2.24, 2.45) is 11.8 Å². The van der Waals surface area contributed by atoms with E-state index in [-0.39, 0.29) is 0 Å². The molecule has 1 saturated carbocycles. The van der Waals surface area contributed by atoms with Gasteiger partial charge in [-0.1, -0.05) is 69.5 Å². The first-order valence-corrected chi connectivity index (χ1v) is 14.0. The maximum absolute atomic E-state index is 6.39. The number of nitrogens with one attached hydrogen (secondary N) is 1. The number of benzene rings is 1. The summed E-state index contributed by atoms with van der Waals surface area (Å²) >= 11 is 0. The van der Waals surface area contributed by atoms with Crippen molar-refractivity contribution in [2.45, 2.75) is 83.2 Å².